The number of carbonyl (C=O) groups is 2. The summed E-state index contributed by atoms with van der Waals surface area (Å²) in [6.07, 6.45) is -5.00. The SMILES string of the molecule is Cc1nc(C[C@@H]2CO[C@@H](Cn3nccc3C(F)(F)F)C2)nc2c1NC(=O)[C@H](C)N2C.Cc1nc(C[C@H]2CO[C@H](Cn3nccc3C(F)(F)F)C2)nc2c1NC(=O)[C@H](C)N2C. The number of aromatic nitrogens is 8. The number of anilines is 4. The van der Waals surface area contributed by atoms with Gasteiger partial charge in [-0.05, 0) is 64.5 Å². The molecule has 0 aromatic carbocycles. The van der Waals surface area contributed by atoms with Crippen molar-refractivity contribution in [2.24, 2.45) is 11.8 Å². The third-order valence-corrected chi connectivity index (χ3v) is 11.4. The molecule has 2 fully saturated rings. The van der Waals surface area contributed by atoms with E-state index in [1.54, 1.807) is 13.8 Å². The van der Waals surface area contributed by atoms with Crippen molar-refractivity contribution in [3.63, 3.8) is 0 Å². The monoisotopic (exact) mass is 848 g/mol. The topological polar surface area (TPSA) is 170 Å². The normalized spacial score (nSPS) is 24.1. The predicted octanol–water partition coefficient (Wildman–Crippen LogP) is 4.85. The van der Waals surface area contributed by atoms with Crippen LogP contribution in [0.4, 0.5) is 49.4 Å². The second-order valence-electron chi connectivity index (χ2n) is 15.7. The molecule has 2 saturated heterocycles. The molecule has 0 spiro atoms. The van der Waals surface area contributed by atoms with Gasteiger partial charge in [0.05, 0.1) is 49.9 Å². The highest BCUT2D eigenvalue weighted by Crippen LogP contribution is 2.36. The predicted molar refractivity (Wildman–Crippen MR) is 204 cm³/mol. The zero-order valence-electron chi connectivity index (χ0n) is 33.8. The fourth-order valence-corrected chi connectivity index (χ4v) is 7.83. The summed E-state index contributed by atoms with van der Waals surface area (Å²) in [5.74, 6) is 2.59. The van der Waals surface area contributed by atoms with E-state index in [9.17, 15) is 35.9 Å². The molecule has 16 nitrogen and oxygen atoms in total. The Morgan fingerprint density at radius 3 is 1.42 bits per heavy atom. The van der Waals surface area contributed by atoms with Crippen LogP contribution in [0.25, 0.3) is 0 Å². The number of hydrogen-bond acceptors (Lipinski definition) is 12. The second kappa shape index (κ2) is 16.6. The molecule has 0 bridgehead atoms. The number of alkyl halides is 6. The van der Waals surface area contributed by atoms with Crippen LogP contribution in [0.5, 0.6) is 0 Å². The first kappa shape index (κ1) is 42.7. The van der Waals surface area contributed by atoms with Crippen molar-refractivity contribution in [2.45, 2.75) is 103 Å². The van der Waals surface area contributed by atoms with Gasteiger partial charge in [0.25, 0.3) is 0 Å². The lowest BCUT2D eigenvalue weighted by Gasteiger charge is -2.32. The molecule has 324 valence electrons. The van der Waals surface area contributed by atoms with Crippen LogP contribution < -0.4 is 20.4 Å². The number of ether oxygens (including phenoxy) is 2. The first-order valence-electron chi connectivity index (χ1n) is 19.5. The summed E-state index contributed by atoms with van der Waals surface area (Å²) in [7, 11) is 3.63. The van der Waals surface area contributed by atoms with Crippen molar-refractivity contribution < 1.29 is 45.4 Å². The Balaban J connectivity index is 0.000000181. The first-order valence-corrected chi connectivity index (χ1v) is 19.5. The highest BCUT2D eigenvalue weighted by atomic mass is 19.4. The fourth-order valence-electron chi connectivity index (χ4n) is 7.83. The van der Waals surface area contributed by atoms with Gasteiger partial charge in [-0.2, -0.15) is 36.5 Å². The molecule has 0 unspecified atom stereocenters. The number of halogens is 6. The molecule has 22 heteroatoms. The van der Waals surface area contributed by atoms with Crippen LogP contribution in [0.15, 0.2) is 24.5 Å². The third kappa shape index (κ3) is 9.03. The standard InChI is InChI=1S/2C19H23F3N6O2/c2*1-10-16-17(27(3)11(2)18(29)26-16)25-15(24-10)7-12-6-13(30-9-12)8-28-14(4-5-23-28)19(20,21)22/h2*4-5,11-13H,6-9H2,1-3H3,(H,26,29)/t11-,12+,13+;11-,12-,13-/m00/s1. The van der Waals surface area contributed by atoms with Crippen molar-refractivity contribution in [3.8, 4) is 0 Å². The lowest BCUT2D eigenvalue weighted by Crippen LogP contribution is -2.45. The summed E-state index contributed by atoms with van der Waals surface area (Å²) in [6, 6.07) is 1.25. The van der Waals surface area contributed by atoms with Crippen molar-refractivity contribution in [3.05, 3.63) is 59.0 Å². The molecular formula is C38H46F6N12O4. The van der Waals surface area contributed by atoms with E-state index < -0.39 is 23.7 Å². The lowest BCUT2D eigenvalue weighted by molar-refractivity contribution is -0.145. The van der Waals surface area contributed by atoms with Gasteiger partial charge in [0.1, 0.15) is 46.5 Å². The Hall–Kier alpha value is -5.38. The number of fused-ring (bicyclic) bond motifs is 2. The summed E-state index contributed by atoms with van der Waals surface area (Å²) >= 11 is 0. The number of likely N-dealkylation sites (N-methyl/N-ethyl adjacent to an activating group) is 2. The van der Waals surface area contributed by atoms with Crippen LogP contribution in [0, 0.1) is 25.7 Å². The van der Waals surface area contributed by atoms with Gasteiger partial charge in [-0.1, -0.05) is 0 Å². The van der Waals surface area contributed by atoms with Gasteiger partial charge in [0.15, 0.2) is 11.6 Å². The van der Waals surface area contributed by atoms with E-state index in [0.29, 0.717) is 84.9 Å². The van der Waals surface area contributed by atoms with Gasteiger partial charge >= 0.3 is 12.4 Å². The van der Waals surface area contributed by atoms with Gasteiger partial charge in [0.2, 0.25) is 11.8 Å². The van der Waals surface area contributed by atoms with Crippen LogP contribution in [0.3, 0.4) is 0 Å². The summed E-state index contributed by atoms with van der Waals surface area (Å²) < 4.78 is 91.5. The van der Waals surface area contributed by atoms with E-state index >= 15 is 0 Å². The van der Waals surface area contributed by atoms with Crippen LogP contribution in [-0.2, 0) is 57.3 Å². The minimum absolute atomic E-state index is 0.0503. The number of hydrogen-bond donors (Lipinski definition) is 2. The van der Waals surface area contributed by atoms with Crippen molar-refractivity contribution in [2.75, 3.05) is 47.7 Å². The van der Waals surface area contributed by atoms with Gasteiger partial charge in [-0.25, -0.2) is 19.9 Å². The number of aryl methyl sites for hydroxylation is 2. The molecule has 0 aliphatic carbocycles. The number of rotatable bonds is 8. The third-order valence-electron chi connectivity index (χ3n) is 11.4. The lowest BCUT2D eigenvalue weighted by atomic mass is 10.0. The average Bonchev–Trinajstić information content (AvgIpc) is 4.01. The molecule has 6 atom stereocenters. The smallest absolute Gasteiger partial charge is 0.376 e. The maximum Gasteiger partial charge on any atom is 0.433 e. The first-order chi connectivity index (χ1) is 28.3. The van der Waals surface area contributed by atoms with Crippen molar-refractivity contribution in [1.29, 1.82) is 0 Å². The van der Waals surface area contributed by atoms with Gasteiger partial charge < -0.3 is 29.9 Å². The molecule has 2 N–H and O–H groups in total. The Morgan fingerprint density at radius 2 is 1.05 bits per heavy atom. The molecule has 4 aromatic rings. The van der Waals surface area contributed by atoms with Gasteiger partial charge in [-0.15, -0.1) is 0 Å². The minimum Gasteiger partial charge on any atom is -0.376 e. The maximum atomic E-state index is 13.0. The summed E-state index contributed by atoms with van der Waals surface area (Å²) in [6.45, 7) is 8.19. The molecule has 4 aromatic heterocycles. The second-order valence-corrected chi connectivity index (χ2v) is 15.7. The Kier molecular flexibility index (Phi) is 11.8. The molecule has 4 aliphatic heterocycles. The molecule has 60 heavy (non-hydrogen) atoms. The minimum atomic E-state index is -4.44. The van der Waals surface area contributed by atoms with Crippen molar-refractivity contribution in [1.82, 2.24) is 39.5 Å². The molecule has 0 radical (unpaired) electrons. The molecule has 8 heterocycles. The zero-order valence-corrected chi connectivity index (χ0v) is 33.8. The Bertz CT molecular complexity index is 2070. The highest BCUT2D eigenvalue weighted by Gasteiger charge is 2.39. The summed E-state index contributed by atoms with van der Waals surface area (Å²) in [5.41, 5.74) is 1.05. The maximum absolute atomic E-state index is 13.0. The van der Waals surface area contributed by atoms with E-state index in [1.165, 1.54) is 0 Å². The number of amides is 2. The molecule has 0 saturated carbocycles. The Labute approximate surface area is 341 Å². The average molecular weight is 849 g/mol. The van der Waals surface area contributed by atoms with Crippen LogP contribution in [-0.4, -0.2) is 103 Å². The van der Waals surface area contributed by atoms with E-state index in [4.69, 9.17) is 9.47 Å². The molecule has 2 amide bonds. The van der Waals surface area contributed by atoms with Crippen LogP contribution in [0.1, 0.15) is 61.1 Å². The fraction of sp³-hybridized carbons (Fsp3) is 0.579. The van der Waals surface area contributed by atoms with Crippen molar-refractivity contribution >= 4 is 34.8 Å². The number of nitrogens with zero attached hydrogens (tertiary/aromatic N) is 10. The van der Waals surface area contributed by atoms with E-state index in [2.05, 4.69) is 40.8 Å². The molecular weight excluding hydrogens is 802 g/mol. The largest absolute Gasteiger partial charge is 0.433 e. The van der Waals surface area contributed by atoms with Crippen LogP contribution >= 0.6 is 0 Å². The molecule has 8 rings (SSSR count). The zero-order chi connectivity index (χ0) is 43.3. The van der Waals surface area contributed by atoms with Crippen LogP contribution in [0.2, 0.25) is 0 Å². The van der Waals surface area contributed by atoms with E-state index in [-0.39, 0.29) is 61.0 Å². The highest BCUT2D eigenvalue weighted by molar-refractivity contribution is 6.03. The van der Waals surface area contributed by atoms with E-state index in [1.807, 2.05) is 37.7 Å². The number of carbonyl (C=O) groups excluding carboxylic acids is 2. The summed E-state index contributed by atoms with van der Waals surface area (Å²) in [5, 5.41) is 13.3. The van der Waals surface area contributed by atoms with Gasteiger partial charge in [0, 0.05) is 39.3 Å². The Morgan fingerprint density at radius 1 is 0.667 bits per heavy atom. The van der Waals surface area contributed by atoms with E-state index in [0.717, 1.165) is 33.9 Å². The summed E-state index contributed by atoms with van der Waals surface area (Å²) in [4.78, 5) is 46.0. The molecule has 4 aliphatic rings. The quantitative estimate of drug-likeness (QED) is 0.232. The van der Waals surface area contributed by atoms with Gasteiger partial charge in [-0.3, -0.25) is 19.0 Å². The number of nitrogens with one attached hydrogen (secondary N) is 2.